The number of nitrogens with one attached hydrogen (secondary N) is 1. The molecule has 3 aliphatic carbocycles. The second-order valence-electron chi connectivity index (χ2n) is 7.54. The summed E-state index contributed by atoms with van der Waals surface area (Å²) >= 11 is 0. The van der Waals surface area contributed by atoms with Crippen LogP contribution in [0.1, 0.15) is 58.8 Å². The van der Waals surface area contributed by atoms with Gasteiger partial charge in [-0.25, -0.2) is 0 Å². The van der Waals surface area contributed by atoms with Gasteiger partial charge in [0.25, 0.3) is 0 Å². The summed E-state index contributed by atoms with van der Waals surface area (Å²) in [5.41, 5.74) is 0. The number of carbonyl (C=O) groups excluding carboxylic acids is 1. The molecule has 2 bridgehead atoms. The molecule has 1 amide bonds. The predicted octanol–water partition coefficient (Wildman–Crippen LogP) is 2.76. The van der Waals surface area contributed by atoms with E-state index in [-0.39, 0.29) is 6.04 Å². The molecule has 3 saturated carbocycles. The summed E-state index contributed by atoms with van der Waals surface area (Å²) in [5, 5.41) is 3.63. The van der Waals surface area contributed by atoms with Crippen LogP contribution in [0.5, 0.6) is 0 Å². The second kappa shape index (κ2) is 4.72. The minimum Gasteiger partial charge on any atom is -0.322 e. The standard InChI is InChI=1S/C17H28N2O/c1-3-5-12-17(20)19(13(18-12)6-4-2)16-14-10-7-8-11(9-10)15(14)16/h10-16,18H,3-9H2,1-2H3. The largest absolute Gasteiger partial charge is 0.322 e. The van der Waals surface area contributed by atoms with E-state index in [9.17, 15) is 4.79 Å². The third kappa shape index (κ3) is 1.71. The molecule has 0 aromatic carbocycles. The number of rotatable bonds is 5. The van der Waals surface area contributed by atoms with Crippen molar-refractivity contribution in [3.63, 3.8) is 0 Å². The highest BCUT2D eigenvalue weighted by Crippen LogP contribution is 2.67. The van der Waals surface area contributed by atoms with Crippen molar-refractivity contribution in [2.75, 3.05) is 0 Å². The van der Waals surface area contributed by atoms with Crippen LogP contribution in [0.25, 0.3) is 0 Å². The minimum atomic E-state index is 0.107. The van der Waals surface area contributed by atoms with E-state index in [2.05, 4.69) is 24.1 Å². The molecule has 3 nitrogen and oxygen atoms in total. The van der Waals surface area contributed by atoms with E-state index in [0.717, 1.165) is 49.4 Å². The first-order valence-electron chi connectivity index (χ1n) is 8.84. The first-order valence-corrected chi connectivity index (χ1v) is 8.84. The molecule has 0 aromatic heterocycles. The van der Waals surface area contributed by atoms with E-state index < -0.39 is 0 Å². The molecule has 6 unspecified atom stereocenters. The van der Waals surface area contributed by atoms with Gasteiger partial charge in [0.15, 0.2) is 0 Å². The van der Waals surface area contributed by atoms with Gasteiger partial charge in [-0.1, -0.05) is 26.7 Å². The van der Waals surface area contributed by atoms with Crippen LogP contribution in [-0.4, -0.2) is 29.1 Å². The molecule has 0 spiro atoms. The topological polar surface area (TPSA) is 32.3 Å². The Bertz CT molecular complexity index is 394. The Hall–Kier alpha value is -0.570. The maximum absolute atomic E-state index is 12.8. The van der Waals surface area contributed by atoms with E-state index >= 15 is 0 Å². The highest BCUT2D eigenvalue weighted by molar-refractivity contribution is 5.85. The first-order chi connectivity index (χ1) is 9.76. The number of nitrogens with zero attached hydrogens (tertiary/aromatic N) is 1. The van der Waals surface area contributed by atoms with Crippen LogP contribution in [0.15, 0.2) is 0 Å². The number of amides is 1. The fraction of sp³-hybridized carbons (Fsp3) is 0.941. The fourth-order valence-corrected chi connectivity index (χ4v) is 5.71. The van der Waals surface area contributed by atoms with Crippen LogP contribution in [0.4, 0.5) is 0 Å². The lowest BCUT2D eigenvalue weighted by molar-refractivity contribution is -0.131. The minimum absolute atomic E-state index is 0.107. The van der Waals surface area contributed by atoms with Gasteiger partial charge in [-0.05, 0) is 55.8 Å². The summed E-state index contributed by atoms with van der Waals surface area (Å²) in [5.74, 6) is 4.08. The van der Waals surface area contributed by atoms with Crippen molar-refractivity contribution in [3.05, 3.63) is 0 Å². The number of hydrogen-bond acceptors (Lipinski definition) is 2. The lowest BCUT2D eigenvalue weighted by atomic mass is 10.0. The number of carbonyl (C=O) groups is 1. The zero-order chi connectivity index (χ0) is 13.9. The molecule has 112 valence electrons. The van der Waals surface area contributed by atoms with Gasteiger partial charge >= 0.3 is 0 Å². The molecule has 6 atom stereocenters. The molecule has 3 heteroatoms. The average molecular weight is 276 g/mol. The van der Waals surface area contributed by atoms with E-state index in [1.54, 1.807) is 0 Å². The van der Waals surface area contributed by atoms with Crippen molar-refractivity contribution in [1.29, 1.82) is 0 Å². The van der Waals surface area contributed by atoms with Crippen LogP contribution >= 0.6 is 0 Å². The van der Waals surface area contributed by atoms with Gasteiger partial charge in [0.05, 0.1) is 12.2 Å². The van der Waals surface area contributed by atoms with Crippen molar-refractivity contribution < 1.29 is 4.79 Å². The van der Waals surface area contributed by atoms with Crippen molar-refractivity contribution in [2.24, 2.45) is 23.7 Å². The summed E-state index contributed by atoms with van der Waals surface area (Å²) in [6.45, 7) is 4.41. The maximum Gasteiger partial charge on any atom is 0.241 e. The smallest absolute Gasteiger partial charge is 0.241 e. The lowest BCUT2D eigenvalue weighted by Gasteiger charge is -2.27. The van der Waals surface area contributed by atoms with Gasteiger partial charge < -0.3 is 4.90 Å². The second-order valence-corrected chi connectivity index (χ2v) is 7.54. The molecule has 4 fully saturated rings. The van der Waals surface area contributed by atoms with E-state index in [0.29, 0.717) is 18.1 Å². The molecule has 4 rings (SSSR count). The monoisotopic (exact) mass is 276 g/mol. The first kappa shape index (κ1) is 13.1. The molecular formula is C17H28N2O. The van der Waals surface area contributed by atoms with Crippen LogP contribution in [-0.2, 0) is 4.79 Å². The Morgan fingerprint density at radius 3 is 2.35 bits per heavy atom. The van der Waals surface area contributed by atoms with Gasteiger partial charge in [0, 0.05) is 6.04 Å². The molecule has 1 heterocycles. The van der Waals surface area contributed by atoms with Gasteiger partial charge in [-0.2, -0.15) is 0 Å². The van der Waals surface area contributed by atoms with Gasteiger partial charge in [0.1, 0.15) is 0 Å². The summed E-state index contributed by atoms with van der Waals surface area (Å²) in [6, 6.07) is 0.718. The molecule has 1 saturated heterocycles. The normalized spacial score (nSPS) is 49.0. The summed E-state index contributed by atoms with van der Waals surface area (Å²) in [6.07, 6.45) is 9.07. The molecule has 0 aromatic rings. The van der Waals surface area contributed by atoms with Crippen molar-refractivity contribution in [3.8, 4) is 0 Å². The van der Waals surface area contributed by atoms with Crippen LogP contribution in [0.3, 0.4) is 0 Å². The number of fused-ring (bicyclic) bond motifs is 5. The Balaban J connectivity index is 1.52. The molecule has 4 aliphatic rings. The SMILES string of the molecule is CCCC1NC(CCC)N(C2C3C4CCC(C4)C32)C1=O. The Morgan fingerprint density at radius 1 is 1.10 bits per heavy atom. The third-order valence-electron chi connectivity index (χ3n) is 6.44. The zero-order valence-electron chi connectivity index (χ0n) is 12.8. The summed E-state index contributed by atoms with van der Waals surface area (Å²) in [7, 11) is 0. The van der Waals surface area contributed by atoms with Gasteiger partial charge in [-0.15, -0.1) is 0 Å². The van der Waals surface area contributed by atoms with E-state index in [1.807, 2.05) is 0 Å². The quantitative estimate of drug-likeness (QED) is 0.837. The van der Waals surface area contributed by atoms with Crippen LogP contribution in [0.2, 0.25) is 0 Å². The zero-order valence-corrected chi connectivity index (χ0v) is 12.8. The number of hydrogen-bond donors (Lipinski definition) is 1. The van der Waals surface area contributed by atoms with Crippen molar-refractivity contribution in [2.45, 2.75) is 77.0 Å². The molecule has 1 N–H and O–H groups in total. The summed E-state index contributed by atoms with van der Waals surface area (Å²) in [4.78, 5) is 15.1. The van der Waals surface area contributed by atoms with Gasteiger partial charge in [-0.3, -0.25) is 10.1 Å². The van der Waals surface area contributed by atoms with E-state index in [4.69, 9.17) is 0 Å². The molecule has 1 aliphatic heterocycles. The van der Waals surface area contributed by atoms with Crippen molar-refractivity contribution in [1.82, 2.24) is 10.2 Å². The Labute approximate surface area is 122 Å². The lowest BCUT2D eigenvalue weighted by Crippen LogP contribution is -2.41. The Kier molecular flexibility index (Phi) is 3.10. The Morgan fingerprint density at radius 2 is 1.75 bits per heavy atom. The third-order valence-corrected chi connectivity index (χ3v) is 6.44. The van der Waals surface area contributed by atoms with Crippen LogP contribution < -0.4 is 5.32 Å². The summed E-state index contributed by atoms with van der Waals surface area (Å²) < 4.78 is 0. The average Bonchev–Trinajstić information content (AvgIpc) is 2.75. The van der Waals surface area contributed by atoms with Gasteiger partial charge in [0.2, 0.25) is 5.91 Å². The molecule has 20 heavy (non-hydrogen) atoms. The fourth-order valence-electron chi connectivity index (χ4n) is 5.71. The maximum atomic E-state index is 12.8. The van der Waals surface area contributed by atoms with E-state index in [1.165, 1.54) is 19.3 Å². The van der Waals surface area contributed by atoms with Crippen LogP contribution in [0, 0.1) is 23.7 Å². The molecule has 0 radical (unpaired) electrons. The highest BCUT2D eigenvalue weighted by atomic mass is 16.2. The predicted molar refractivity (Wildman–Crippen MR) is 79.0 cm³/mol. The highest BCUT2D eigenvalue weighted by Gasteiger charge is 2.69. The van der Waals surface area contributed by atoms with Crippen molar-refractivity contribution >= 4 is 5.91 Å². The molecular weight excluding hydrogens is 248 g/mol.